The van der Waals surface area contributed by atoms with Crippen molar-refractivity contribution in [1.82, 2.24) is 14.5 Å². The molecule has 1 aliphatic heterocycles. The largest absolute Gasteiger partial charge is 0.393 e. The summed E-state index contributed by atoms with van der Waals surface area (Å²) in [5, 5.41) is 10.3. The number of piperidine rings is 1. The second-order valence-corrected chi connectivity index (χ2v) is 5.32. The summed E-state index contributed by atoms with van der Waals surface area (Å²) >= 11 is 5.97. The SMILES string of the molecule is CC(O)C1CCCN(Cc2ncc(Cl)n2C)C1. The van der Waals surface area contributed by atoms with Crippen LogP contribution in [-0.2, 0) is 13.6 Å². The van der Waals surface area contributed by atoms with Gasteiger partial charge in [-0.25, -0.2) is 4.98 Å². The van der Waals surface area contributed by atoms with Crippen LogP contribution in [0.5, 0.6) is 0 Å². The van der Waals surface area contributed by atoms with E-state index in [2.05, 4.69) is 9.88 Å². The zero-order valence-electron chi connectivity index (χ0n) is 10.4. The van der Waals surface area contributed by atoms with Crippen molar-refractivity contribution in [2.45, 2.75) is 32.4 Å². The molecule has 1 N–H and O–H groups in total. The van der Waals surface area contributed by atoms with Gasteiger partial charge in [0, 0.05) is 13.6 Å². The molecular weight excluding hydrogens is 238 g/mol. The van der Waals surface area contributed by atoms with E-state index in [-0.39, 0.29) is 6.10 Å². The van der Waals surface area contributed by atoms with Crippen LogP contribution in [0.4, 0.5) is 0 Å². The molecule has 1 fully saturated rings. The second-order valence-electron chi connectivity index (χ2n) is 4.93. The van der Waals surface area contributed by atoms with Crippen molar-refractivity contribution >= 4 is 11.6 Å². The van der Waals surface area contributed by atoms with E-state index in [1.54, 1.807) is 6.20 Å². The minimum Gasteiger partial charge on any atom is -0.393 e. The number of hydrogen-bond acceptors (Lipinski definition) is 3. The third-order valence-corrected chi connectivity index (χ3v) is 3.97. The van der Waals surface area contributed by atoms with Gasteiger partial charge in [0.1, 0.15) is 11.0 Å². The predicted molar refractivity (Wildman–Crippen MR) is 67.9 cm³/mol. The van der Waals surface area contributed by atoms with Crippen molar-refractivity contribution in [2.24, 2.45) is 13.0 Å². The minimum atomic E-state index is -0.220. The van der Waals surface area contributed by atoms with Gasteiger partial charge >= 0.3 is 0 Å². The molecule has 2 rings (SSSR count). The first-order valence-corrected chi connectivity index (χ1v) is 6.52. The van der Waals surface area contributed by atoms with Crippen LogP contribution in [-0.4, -0.2) is 38.8 Å². The zero-order chi connectivity index (χ0) is 12.4. The number of nitrogens with zero attached hydrogens (tertiary/aromatic N) is 3. The smallest absolute Gasteiger partial charge is 0.128 e. The lowest BCUT2D eigenvalue weighted by atomic mass is 9.93. The first-order chi connectivity index (χ1) is 8.08. The monoisotopic (exact) mass is 257 g/mol. The van der Waals surface area contributed by atoms with Gasteiger partial charge in [0.2, 0.25) is 0 Å². The Morgan fingerprint density at radius 1 is 1.65 bits per heavy atom. The summed E-state index contributed by atoms with van der Waals surface area (Å²) < 4.78 is 1.91. The molecule has 1 aromatic rings. The lowest BCUT2D eigenvalue weighted by Gasteiger charge is -2.33. The Kier molecular flexibility index (Phi) is 4.07. The van der Waals surface area contributed by atoms with Crippen molar-refractivity contribution in [1.29, 1.82) is 0 Å². The molecule has 5 heteroatoms. The summed E-state index contributed by atoms with van der Waals surface area (Å²) in [6.45, 7) is 4.72. The van der Waals surface area contributed by atoms with Gasteiger partial charge in [-0.15, -0.1) is 0 Å². The highest BCUT2D eigenvalue weighted by Crippen LogP contribution is 2.21. The van der Waals surface area contributed by atoms with Gasteiger partial charge in [-0.2, -0.15) is 0 Å². The highest BCUT2D eigenvalue weighted by atomic mass is 35.5. The molecule has 0 amide bonds. The van der Waals surface area contributed by atoms with Crippen LogP contribution in [0, 0.1) is 5.92 Å². The average Bonchev–Trinajstić information content (AvgIpc) is 2.61. The first kappa shape index (κ1) is 12.9. The molecule has 0 spiro atoms. The Hall–Kier alpha value is -0.580. The highest BCUT2D eigenvalue weighted by molar-refractivity contribution is 6.29. The molecule has 1 aromatic heterocycles. The molecule has 2 atom stereocenters. The molecule has 0 aliphatic carbocycles. The topological polar surface area (TPSA) is 41.3 Å². The number of halogens is 1. The van der Waals surface area contributed by atoms with Gasteiger partial charge in [0.25, 0.3) is 0 Å². The molecule has 0 radical (unpaired) electrons. The van der Waals surface area contributed by atoms with E-state index >= 15 is 0 Å². The molecule has 4 nitrogen and oxygen atoms in total. The summed E-state index contributed by atoms with van der Waals surface area (Å²) in [5.74, 6) is 1.38. The van der Waals surface area contributed by atoms with E-state index in [0.29, 0.717) is 11.1 Å². The van der Waals surface area contributed by atoms with Crippen LogP contribution in [0.3, 0.4) is 0 Å². The van der Waals surface area contributed by atoms with Crippen molar-refractivity contribution in [3.05, 3.63) is 17.2 Å². The number of aliphatic hydroxyl groups is 1. The van der Waals surface area contributed by atoms with Crippen LogP contribution in [0.15, 0.2) is 6.20 Å². The number of aromatic nitrogens is 2. The number of likely N-dealkylation sites (tertiary alicyclic amines) is 1. The predicted octanol–water partition coefficient (Wildman–Crippen LogP) is 1.67. The maximum Gasteiger partial charge on any atom is 0.128 e. The van der Waals surface area contributed by atoms with Crippen LogP contribution >= 0.6 is 11.6 Å². The average molecular weight is 258 g/mol. The normalized spacial score (nSPS) is 23.9. The van der Waals surface area contributed by atoms with Crippen molar-refractivity contribution in [2.75, 3.05) is 13.1 Å². The van der Waals surface area contributed by atoms with Crippen LogP contribution in [0.1, 0.15) is 25.6 Å². The number of aliphatic hydroxyl groups excluding tert-OH is 1. The van der Waals surface area contributed by atoms with Crippen molar-refractivity contribution < 1.29 is 5.11 Å². The first-order valence-electron chi connectivity index (χ1n) is 6.14. The molecule has 1 aliphatic rings. The lowest BCUT2D eigenvalue weighted by molar-refractivity contribution is 0.0586. The van der Waals surface area contributed by atoms with Gasteiger partial charge < -0.3 is 9.67 Å². The van der Waals surface area contributed by atoms with E-state index in [9.17, 15) is 5.11 Å². The molecule has 96 valence electrons. The maximum absolute atomic E-state index is 9.65. The third kappa shape index (κ3) is 3.00. The molecule has 1 saturated heterocycles. The van der Waals surface area contributed by atoms with E-state index in [1.165, 1.54) is 0 Å². The summed E-state index contributed by atoms with van der Waals surface area (Å²) in [5.41, 5.74) is 0. The van der Waals surface area contributed by atoms with Crippen LogP contribution < -0.4 is 0 Å². The van der Waals surface area contributed by atoms with E-state index in [1.807, 2.05) is 18.5 Å². The highest BCUT2D eigenvalue weighted by Gasteiger charge is 2.24. The fourth-order valence-electron chi connectivity index (χ4n) is 2.40. The van der Waals surface area contributed by atoms with E-state index < -0.39 is 0 Å². The van der Waals surface area contributed by atoms with Gasteiger partial charge in [-0.3, -0.25) is 4.90 Å². The molecule has 0 saturated carbocycles. The molecule has 17 heavy (non-hydrogen) atoms. The standard InChI is InChI=1S/C12H20ClN3O/c1-9(17)10-4-3-5-16(7-10)8-12-14-6-11(13)15(12)2/h6,9-10,17H,3-5,7-8H2,1-2H3. The van der Waals surface area contributed by atoms with E-state index in [0.717, 1.165) is 38.3 Å². The quantitative estimate of drug-likeness (QED) is 0.896. The Morgan fingerprint density at radius 3 is 3.00 bits per heavy atom. The molecule has 0 bridgehead atoms. The van der Waals surface area contributed by atoms with Gasteiger partial charge in [-0.1, -0.05) is 11.6 Å². The van der Waals surface area contributed by atoms with Gasteiger partial charge in [0.05, 0.1) is 18.8 Å². The zero-order valence-corrected chi connectivity index (χ0v) is 11.2. The minimum absolute atomic E-state index is 0.220. The third-order valence-electron chi connectivity index (χ3n) is 3.62. The second kappa shape index (κ2) is 5.38. The van der Waals surface area contributed by atoms with Crippen molar-refractivity contribution in [3.63, 3.8) is 0 Å². The summed E-state index contributed by atoms with van der Waals surface area (Å²) in [7, 11) is 1.93. The summed E-state index contributed by atoms with van der Waals surface area (Å²) in [6.07, 6.45) is 3.73. The van der Waals surface area contributed by atoms with Crippen LogP contribution in [0.2, 0.25) is 5.15 Å². The summed E-state index contributed by atoms with van der Waals surface area (Å²) in [6, 6.07) is 0. The van der Waals surface area contributed by atoms with Crippen molar-refractivity contribution in [3.8, 4) is 0 Å². The van der Waals surface area contributed by atoms with E-state index in [4.69, 9.17) is 11.6 Å². The Balaban J connectivity index is 1.97. The molecule has 2 heterocycles. The number of hydrogen-bond donors (Lipinski definition) is 1. The fourth-order valence-corrected chi connectivity index (χ4v) is 2.55. The van der Waals surface area contributed by atoms with Gasteiger partial charge in [0.15, 0.2) is 0 Å². The number of rotatable bonds is 3. The molecule has 2 unspecified atom stereocenters. The molecular formula is C12H20ClN3O. The Bertz CT molecular complexity index is 378. The fraction of sp³-hybridized carbons (Fsp3) is 0.750. The van der Waals surface area contributed by atoms with Crippen LogP contribution in [0.25, 0.3) is 0 Å². The van der Waals surface area contributed by atoms with Gasteiger partial charge in [-0.05, 0) is 32.2 Å². The molecule has 0 aromatic carbocycles. The maximum atomic E-state index is 9.65. The lowest BCUT2D eigenvalue weighted by Crippen LogP contribution is -2.39. The number of imidazole rings is 1. The Morgan fingerprint density at radius 2 is 2.41 bits per heavy atom. The summed E-state index contributed by atoms with van der Waals surface area (Å²) in [4.78, 5) is 6.65. The Labute approximate surface area is 107 Å².